The van der Waals surface area contributed by atoms with E-state index in [1.807, 2.05) is 29.2 Å². The molecule has 2 amide bonds. The highest BCUT2D eigenvalue weighted by molar-refractivity contribution is 7.89. The third kappa shape index (κ3) is 5.35. The third-order valence-corrected chi connectivity index (χ3v) is 9.78. The van der Waals surface area contributed by atoms with Gasteiger partial charge in [0, 0.05) is 69.1 Å². The van der Waals surface area contributed by atoms with Crippen molar-refractivity contribution in [2.75, 3.05) is 55.6 Å². The number of benzene rings is 2. The molecule has 0 aromatic heterocycles. The van der Waals surface area contributed by atoms with Crippen LogP contribution in [0.4, 0.5) is 11.4 Å². The molecule has 0 bridgehead atoms. The number of hydrogen-bond donors (Lipinski definition) is 0. The Kier molecular flexibility index (Phi) is 7.47. The number of rotatable bonds is 4. The summed E-state index contributed by atoms with van der Waals surface area (Å²) in [6, 6.07) is 12.8. The minimum Gasteiger partial charge on any atom is -0.368 e. The number of aryl methyl sites for hydroxylation is 1. The minimum atomic E-state index is -3.74. The van der Waals surface area contributed by atoms with Crippen molar-refractivity contribution in [2.24, 2.45) is 5.92 Å². The van der Waals surface area contributed by atoms with Gasteiger partial charge in [-0.1, -0.05) is 17.7 Å². The number of carbonyl (C=O) groups excluding carboxylic acids is 2. The van der Waals surface area contributed by atoms with Crippen LogP contribution >= 0.6 is 11.6 Å². The fourth-order valence-electron chi connectivity index (χ4n) is 5.69. The Morgan fingerprint density at radius 2 is 1.73 bits per heavy atom. The number of sulfonamides is 1. The predicted molar refractivity (Wildman–Crippen MR) is 145 cm³/mol. The first-order valence-electron chi connectivity index (χ1n) is 12.9. The summed E-state index contributed by atoms with van der Waals surface area (Å²) in [6.07, 6.45) is 2.89. The molecule has 2 fully saturated rings. The lowest BCUT2D eigenvalue weighted by atomic mass is 9.97. The van der Waals surface area contributed by atoms with E-state index in [4.69, 9.17) is 11.6 Å². The normalized spacial score (nSPS) is 21.0. The Bertz CT molecular complexity index is 1290. The standard InChI is InChI=1S/C27H33ClN4O4S/c1-20(33)32-12-4-5-21-17-25(9-10-26(21)32)37(35,36)31-11-3-6-22(19-31)27(34)30-15-13-29(14-16-30)24-8-2-7-23(28)18-24/h2,7-10,17-18,22H,3-6,11-16,19H2,1H3/t22-/m1/s1. The minimum absolute atomic E-state index is 0.0354. The van der Waals surface area contributed by atoms with Crippen molar-refractivity contribution >= 4 is 44.8 Å². The smallest absolute Gasteiger partial charge is 0.243 e. The molecule has 3 aliphatic rings. The summed E-state index contributed by atoms with van der Waals surface area (Å²) in [4.78, 5) is 31.4. The third-order valence-electron chi connectivity index (χ3n) is 7.69. The van der Waals surface area contributed by atoms with E-state index in [0.717, 1.165) is 29.8 Å². The summed E-state index contributed by atoms with van der Waals surface area (Å²) in [5, 5.41) is 0.689. The highest BCUT2D eigenvalue weighted by atomic mass is 35.5. The van der Waals surface area contributed by atoms with Gasteiger partial charge in [-0.3, -0.25) is 9.59 Å². The summed E-state index contributed by atoms with van der Waals surface area (Å²) >= 11 is 6.13. The summed E-state index contributed by atoms with van der Waals surface area (Å²) in [6.45, 7) is 5.43. The molecule has 37 heavy (non-hydrogen) atoms. The number of hydrogen-bond acceptors (Lipinski definition) is 5. The average molecular weight is 545 g/mol. The van der Waals surface area contributed by atoms with Crippen LogP contribution in [0.5, 0.6) is 0 Å². The van der Waals surface area contributed by atoms with Crippen molar-refractivity contribution in [1.29, 1.82) is 0 Å². The summed E-state index contributed by atoms with van der Waals surface area (Å²) < 4.78 is 28.6. The van der Waals surface area contributed by atoms with Crippen molar-refractivity contribution in [3.05, 3.63) is 53.1 Å². The van der Waals surface area contributed by atoms with Gasteiger partial charge in [0.1, 0.15) is 0 Å². The zero-order valence-electron chi connectivity index (χ0n) is 21.1. The van der Waals surface area contributed by atoms with Crippen LogP contribution < -0.4 is 9.80 Å². The van der Waals surface area contributed by atoms with Gasteiger partial charge in [0.15, 0.2) is 0 Å². The first-order valence-corrected chi connectivity index (χ1v) is 14.8. The van der Waals surface area contributed by atoms with Crippen LogP contribution in [0.15, 0.2) is 47.4 Å². The monoisotopic (exact) mass is 544 g/mol. The van der Waals surface area contributed by atoms with Crippen LogP contribution in [0.3, 0.4) is 0 Å². The van der Waals surface area contributed by atoms with E-state index in [2.05, 4.69) is 4.90 Å². The lowest BCUT2D eigenvalue weighted by Crippen LogP contribution is -2.53. The van der Waals surface area contributed by atoms with Crippen molar-refractivity contribution in [3.63, 3.8) is 0 Å². The molecular weight excluding hydrogens is 512 g/mol. The van der Waals surface area contributed by atoms with E-state index >= 15 is 0 Å². The number of anilines is 2. The van der Waals surface area contributed by atoms with Gasteiger partial charge >= 0.3 is 0 Å². The Morgan fingerprint density at radius 3 is 2.46 bits per heavy atom. The maximum atomic E-state index is 13.6. The van der Waals surface area contributed by atoms with Gasteiger partial charge in [0.05, 0.1) is 10.8 Å². The molecule has 0 unspecified atom stereocenters. The van der Waals surface area contributed by atoms with Gasteiger partial charge in [0.2, 0.25) is 21.8 Å². The first-order chi connectivity index (χ1) is 17.7. The fourth-order valence-corrected chi connectivity index (χ4v) is 7.45. The number of fused-ring (bicyclic) bond motifs is 1. The van der Waals surface area contributed by atoms with Crippen LogP contribution in [0.2, 0.25) is 5.02 Å². The zero-order chi connectivity index (χ0) is 26.2. The highest BCUT2D eigenvalue weighted by Crippen LogP contribution is 2.32. The zero-order valence-corrected chi connectivity index (χ0v) is 22.7. The molecular formula is C27H33ClN4O4S. The molecule has 8 nitrogen and oxygen atoms in total. The Labute approximate surface area is 223 Å². The van der Waals surface area contributed by atoms with Gasteiger partial charge in [0.25, 0.3) is 0 Å². The number of nitrogens with zero attached hydrogens (tertiary/aromatic N) is 4. The number of amides is 2. The van der Waals surface area contributed by atoms with Gasteiger partial charge in [-0.2, -0.15) is 4.31 Å². The number of halogens is 1. The van der Waals surface area contributed by atoms with E-state index in [1.165, 1.54) is 11.2 Å². The second-order valence-corrected chi connectivity index (χ2v) is 12.4. The van der Waals surface area contributed by atoms with Crippen LogP contribution in [-0.4, -0.2) is 75.3 Å². The molecule has 3 aliphatic heterocycles. The Hall–Kier alpha value is -2.62. The van der Waals surface area contributed by atoms with E-state index < -0.39 is 10.0 Å². The molecule has 5 rings (SSSR count). The summed E-state index contributed by atoms with van der Waals surface area (Å²) in [5.74, 6) is -0.345. The second kappa shape index (κ2) is 10.6. The van der Waals surface area contributed by atoms with Crippen LogP contribution in [0.1, 0.15) is 31.7 Å². The Balaban J connectivity index is 1.25. The molecule has 2 aromatic carbocycles. The number of piperidine rings is 1. The first kappa shape index (κ1) is 26.0. The molecule has 2 aromatic rings. The largest absolute Gasteiger partial charge is 0.368 e. The van der Waals surface area contributed by atoms with Crippen molar-refractivity contribution in [2.45, 2.75) is 37.5 Å². The van der Waals surface area contributed by atoms with Crippen molar-refractivity contribution in [3.8, 4) is 0 Å². The Morgan fingerprint density at radius 1 is 0.946 bits per heavy atom. The van der Waals surface area contributed by atoms with Gasteiger partial charge < -0.3 is 14.7 Å². The van der Waals surface area contributed by atoms with Gasteiger partial charge in [-0.05, 0) is 67.6 Å². The predicted octanol–water partition coefficient (Wildman–Crippen LogP) is 3.39. The van der Waals surface area contributed by atoms with E-state index in [-0.39, 0.29) is 29.2 Å². The van der Waals surface area contributed by atoms with Crippen LogP contribution in [-0.2, 0) is 26.0 Å². The highest BCUT2D eigenvalue weighted by Gasteiger charge is 2.36. The van der Waals surface area contributed by atoms with E-state index in [0.29, 0.717) is 57.1 Å². The number of carbonyl (C=O) groups is 2. The summed E-state index contributed by atoms with van der Waals surface area (Å²) in [5.41, 5.74) is 2.72. The quantitative estimate of drug-likeness (QED) is 0.589. The van der Waals surface area contributed by atoms with Gasteiger partial charge in [-0.15, -0.1) is 0 Å². The molecule has 3 heterocycles. The van der Waals surface area contributed by atoms with Crippen molar-refractivity contribution < 1.29 is 18.0 Å². The molecule has 1 atom stereocenters. The van der Waals surface area contributed by atoms with Gasteiger partial charge in [-0.25, -0.2) is 8.42 Å². The molecule has 2 saturated heterocycles. The van der Waals surface area contributed by atoms with E-state index in [9.17, 15) is 18.0 Å². The fraction of sp³-hybridized carbons (Fsp3) is 0.481. The maximum absolute atomic E-state index is 13.6. The molecule has 0 N–H and O–H groups in total. The lowest BCUT2D eigenvalue weighted by Gasteiger charge is -2.39. The maximum Gasteiger partial charge on any atom is 0.243 e. The summed E-state index contributed by atoms with van der Waals surface area (Å²) in [7, 11) is -3.74. The molecule has 0 radical (unpaired) electrons. The SMILES string of the molecule is CC(=O)N1CCCc2cc(S(=O)(=O)N3CCC[C@@H](C(=O)N4CCN(c5cccc(Cl)c5)CC4)C3)ccc21. The second-order valence-electron chi connectivity index (χ2n) is 10.1. The molecule has 10 heteroatoms. The van der Waals surface area contributed by atoms with E-state index in [1.54, 1.807) is 23.1 Å². The lowest BCUT2D eigenvalue weighted by molar-refractivity contribution is -0.137. The molecule has 198 valence electrons. The van der Waals surface area contributed by atoms with Crippen LogP contribution in [0.25, 0.3) is 0 Å². The average Bonchev–Trinajstić information content (AvgIpc) is 2.92. The van der Waals surface area contributed by atoms with Crippen LogP contribution in [0, 0.1) is 5.92 Å². The number of piperazine rings is 1. The van der Waals surface area contributed by atoms with Crippen molar-refractivity contribution in [1.82, 2.24) is 9.21 Å². The molecule has 0 spiro atoms. The topological polar surface area (TPSA) is 81.2 Å². The molecule has 0 aliphatic carbocycles. The molecule has 0 saturated carbocycles.